The average Bonchev–Trinajstić information content (AvgIpc) is 2.29. The third-order valence-corrected chi connectivity index (χ3v) is 3.66. The molecular formula is C12H15N4P. The Bertz CT molecular complexity index is 505. The van der Waals surface area contributed by atoms with Crippen LogP contribution in [0.5, 0.6) is 0 Å². The predicted octanol–water partition coefficient (Wildman–Crippen LogP) is 0.645. The maximum absolute atomic E-state index is 5.76. The lowest BCUT2D eigenvalue weighted by Crippen LogP contribution is -2.07. The summed E-state index contributed by atoms with van der Waals surface area (Å²) in [6.07, 6.45) is 0. The smallest absolute Gasteiger partial charge is 0.0554 e. The second-order valence-electron chi connectivity index (χ2n) is 3.81. The van der Waals surface area contributed by atoms with Crippen LogP contribution in [-0.4, -0.2) is 0 Å². The predicted molar refractivity (Wildman–Crippen MR) is 78.1 cm³/mol. The summed E-state index contributed by atoms with van der Waals surface area (Å²) in [5.74, 6) is 0. The molecule has 17 heavy (non-hydrogen) atoms. The standard InChI is InChI=1S/C12H15N4P/c13-9-3-1-7(5-11(9)15)17-8-2-4-10(14)12(16)6-8/h1-6,17H,13-16H2. The van der Waals surface area contributed by atoms with Crippen molar-refractivity contribution in [1.29, 1.82) is 0 Å². The number of benzene rings is 2. The Labute approximate surface area is 102 Å². The summed E-state index contributed by atoms with van der Waals surface area (Å²) in [7, 11) is 0.491. The van der Waals surface area contributed by atoms with Gasteiger partial charge in [-0.05, 0) is 34.9 Å². The molecule has 0 fully saturated rings. The molecule has 0 spiro atoms. The highest BCUT2D eigenvalue weighted by Crippen LogP contribution is 2.20. The molecule has 8 N–H and O–H groups in total. The molecule has 0 amide bonds. The van der Waals surface area contributed by atoms with E-state index in [1.165, 1.54) is 0 Å². The molecule has 0 radical (unpaired) electrons. The minimum absolute atomic E-state index is 0.491. The SMILES string of the molecule is Nc1ccc(Pc2ccc(N)c(N)c2)cc1N. The first-order valence-corrected chi connectivity index (χ1v) is 6.13. The zero-order valence-corrected chi connectivity index (χ0v) is 10.3. The first-order valence-electron chi connectivity index (χ1n) is 5.13. The largest absolute Gasteiger partial charge is 0.397 e. The summed E-state index contributed by atoms with van der Waals surface area (Å²) < 4.78 is 0. The summed E-state index contributed by atoms with van der Waals surface area (Å²) in [5.41, 5.74) is 25.3. The number of hydrogen-bond donors (Lipinski definition) is 4. The van der Waals surface area contributed by atoms with Crippen molar-refractivity contribution in [2.75, 3.05) is 22.9 Å². The molecule has 0 aliphatic carbocycles. The molecule has 0 aliphatic heterocycles. The molecule has 0 atom stereocenters. The van der Waals surface area contributed by atoms with Crippen LogP contribution in [0.4, 0.5) is 22.7 Å². The second-order valence-corrected chi connectivity index (χ2v) is 5.22. The molecule has 0 heterocycles. The van der Waals surface area contributed by atoms with Gasteiger partial charge in [0, 0.05) is 0 Å². The Hall–Kier alpha value is -1.93. The average molecular weight is 246 g/mol. The summed E-state index contributed by atoms with van der Waals surface area (Å²) in [6.45, 7) is 0. The fraction of sp³-hybridized carbons (Fsp3) is 0. The van der Waals surface area contributed by atoms with Gasteiger partial charge in [-0.15, -0.1) is 0 Å². The van der Waals surface area contributed by atoms with Gasteiger partial charge >= 0.3 is 0 Å². The molecule has 0 aliphatic rings. The highest BCUT2D eigenvalue weighted by atomic mass is 31.1. The molecule has 0 unspecified atom stereocenters. The van der Waals surface area contributed by atoms with Gasteiger partial charge in [0.1, 0.15) is 0 Å². The molecule has 2 aromatic carbocycles. The van der Waals surface area contributed by atoms with Gasteiger partial charge in [-0.3, -0.25) is 0 Å². The van der Waals surface area contributed by atoms with Crippen molar-refractivity contribution in [1.82, 2.24) is 0 Å². The van der Waals surface area contributed by atoms with E-state index in [0.717, 1.165) is 10.6 Å². The van der Waals surface area contributed by atoms with Crippen molar-refractivity contribution < 1.29 is 0 Å². The first kappa shape index (κ1) is 11.6. The molecule has 4 nitrogen and oxygen atoms in total. The summed E-state index contributed by atoms with van der Waals surface area (Å²) in [5, 5.41) is 2.25. The van der Waals surface area contributed by atoms with E-state index >= 15 is 0 Å². The topological polar surface area (TPSA) is 104 Å². The first-order chi connectivity index (χ1) is 8.06. The summed E-state index contributed by atoms with van der Waals surface area (Å²) in [6, 6.07) is 11.4. The van der Waals surface area contributed by atoms with E-state index in [-0.39, 0.29) is 0 Å². The molecule has 0 saturated heterocycles. The van der Waals surface area contributed by atoms with Gasteiger partial charge in [0.05, 0.1) is 22.7 Å². The van der Waals surface area contributed by atoms with Crippen LogP contribution in [0.25, 0.3) is 0 Å². The Morgan fingerprint density at radius 3 is 1.35 bits per heavy atom. The molecule has 88 valence electrons. The minimum Gasteiger partial charge on any atom is -0.397 e. The summed E-state index contributed by atoms with van der Waals surface area (Å²) >= 11 is 0. The number of nitrogen functional groups attached to an aromatic ring is 4. The van der Waals surface area contributed by atoms with Crippen molar-refractivity contribution in [3.8, 4) is 0 Å². The van der Waals surface area contributed by atoms with E-state index in [4.69, 9.17) is 22.9 Å². The Morgan fingerprint density at radius 2 is 1.00 bits per heavy atom. The normalized spacial score (nSPS) is 10.4. The fourth-order valence-corrected chi connectivity index (χ4v) is 2.59. The van der Waals surface area contributed by atoms with Crippen molar-refractivity contribution in [3.63, 3.8) is 0 Å². The van der Waals surface area contributed by atoms with Crippen LogP contribution >= 0.6 is 8.58 Å². The van der Waals surface area contributed by atoms with Crippen molar-refractivity contribution in [3.05, 3.63) is 36.4 Å². The van der Waals surface area contributed by atoms with Gasteiger partial charge in [-0.1, -0.05) is 20.7 Å². The van der Waals surface area contributed by atoms with Crippen LogP contribution in [0, 0.1) is 0 Å². The Morgan fingerprint density at radius 1 is 0.588 bits per heavy atom. The van der Waals surface area contributed by atoms with Gasteiger partial charge in [-0.2, -0.15) is 0 Å². The highest BCUT2D eigenvalue weighted by molar-refractivity contribution is 7.55. The van der Waals surface area contributed by atoms with Gasteiger partial charge in [-0.25, -0.2) is 0 Å². The van der Waals surface area contributed by atoms with Gasteiger partial charge in [0.2, 0.25) is 0 Å². The molecule has 0 bridgehead atoms. The lowest BCUT2D eigenvalue weighted by Gasteiger charge is -2.07. The number of nitrogens with two attached hydrogens (primary N) is 4. The molecule has 2 rings (SSSR count). The van der Waals surface area contributed by atoms with Crippen molar-refractivity contribution in [2.45, 2.75) is 0 Å². The van der Waals surface area contributed by atoms with E-state index in [0.29, 0.717) is 31.3 Å². The van der Waals surface area contributed by atoms with E-state index in [2.05, 4.69) is 0 Å². The van der Waals surface area contributed by atoms with E-state index < -0.39 is 0 Å². The zero-order valence-electron chi connectivity index (χ0n) is 9.27. The van der Waals surface area contributed by atoms with Gasteiger partial charge < -0.3 is 22.9 Å². The van der Waals surface area contributed by atoms with E-state index in [1.54, 1.807) is 0 Å². The van der Waals surface area contributed by atoms with E-state index in [1.807, 2.05) is 36.4 Å². The maximum atomic E-state index is 5.76. The Balaban J connectivity index is 2.25. The summed E-state index contributed by atoms with van der Waals surface area (Å²) in [4.78, 5) is 0. The lowest BCUT2D eigenvalue weighted by atomic mass is 10.3. The lowest BCUT2D eigenvalue weighted by molar-refractivity contribution is 1.69. The molecule has 2 aromatic rings. The van der Waals surface area contributed by atoms with Crippen LogP contribution in [0.1, 0.15) is 0 Å². The van der Waals surface area contributed by atoms with E-state index in [9.17, 15) is 0 Å². The van der Waals surface area contributed by atoms with Crippen LogP contribution in [0.3, 0.4) is 0 Å². The van der Waals surface area contributed by atoms with Crippen molar-refractivity contribution >= 4 is 41.9 Å². The number of hydrogen-bond acceptors (Lipinski definition) is 4. The molecule has 0 saturated carbocycles. The molecular weight excluding hydrogens is 231 g/mol. The van der Waals surface area contributed by atoms with Crippen LogP contribution in [0.2, 0.25) is 0 Å². The maximum Gasteiger partial charge on any atom is 0.0554 e. The molecule has 0 aromatic heterocycles. The van der Waals surface area contributed by atoms with Gasteiger partial charge in [0.15, 0.2) is 0 Å². The zero-order chi connectivity index (χ0) is 12.4. The number of rotatable bonds is 2. The van der Waals surface area contributed by atoms with Gasteiger partial charge in [0.25, 0.3) is 0 Å². The monoisotopic (exact) mass is 246 g/mol. The quantitative estimate of drug-likeness (QED) is 0.461. The third-order valence-electron chi connectivity index (χ3n) is 2.46. The molecule has 5 heteroatoms. The number of anilines is 4. The highest BCUT2D eigenvalue weighted by Gasteiger charge is 2.01. The van der Waals surface area contributed by atoms with Crippen LogP contribution in [-0.2, 0) is 0 Å². The minimum atomic E-state index is 0.491. The second kappa shape index (κ2) is 4.52. The van der Waals surface area contributed by atoms with Crippen LogP contribution < -0.4 is 33.5 Å². The third kappa shape index (κ3) is 2.60. The Kier molecular flexibility index (Phi) is 3.07. The fourth-order valence-electron chi connectivity index (χ4n) is 1.47. The van der Waals surface area contributed by atoms with Crippen molar-refractivity contribution in [2.24, 2.45) is 0 Å². The van der Waals surface area contributed by atoms with Crippen LogP contribution in [0.15, 0.2) is 36.4 Å².